The predicted octanol–water partition coefficient (Wildman–Crippen LogP) is 3.42. The lowest BCUT2D eigenvalue weighted by molar-refractivity contribution is -0.118. The van der Waals surface area contributed by atoms with Gasteiger partial charge in [-0.05, 0) is 43.3 Å². The van der Waals surface area contributed by atoms with Crippen molar-refractivity contribution in [2.75, 3.05) is 30.3 Å². The standard InChI is InChI=1S/C24H24ClFN6O2S/c1-16-14-31(10-11-32(16)23(34)17-5-7-18(26)8-6-17)21-12-20(25)29-24(30-21)35-15-22(33)28-13-19-4-2-3-9-27-19/h2-9,12,16H,10-11,13-15H2,1H3,(H,28,33). The van der Waals surface area contributed by atoms with Gasteiger partial charge in [-0.25, -0.2) is 14.4 Å². The number of hydrogen-bond acceptors (Lipinski definition) is 7. The average Bonchev–Trinajstić information content (AvgIpc) is 2.86. The van der Waals surface area contributed by atoms with Crippen molar-refractivity contribution in [1.29, 1.82) is 0 Å². The summed E-state index contributed by atoms with van der Waals surface area (Å²) >= 11 is 7.44. The molecule has 182 valence electrons. The Morgan fingerprint density at radius 3 is 2.69 bits per heavy atom. The van der Waals surface area contributed by atoms with Crippen LogP contribution in [0.5, 0.6) is 0 Å². The van der Waals surface area contributed by atoms with E-state index < -0.39 is 0 Å². The van der Waals surface area contributed by atoms with Crippen LogP contribution in [0.2, 0.25) is 5.15 Å². The molecule has 2 aromatic heterocycles. The fraction of sp³-hybridized carbons (Fsp3) is 0.292. The van der Waals surface area contributed by atoms with Gasteiger partial charge in [-0.1, -0.05) is 29.4 Å². The summed E-state index contributed by atoms with van der Waals surface area (Å²) in [6.45, 7) is 3.89. The molecule has 8 nitrogen and oxygen atoms in total. The van der Waals surface area contributed by atoms with Gasteiger partial charge < -0.3 is 15.1 Å². The van der Waals surface area contributed by atoms with E-state index in [0.29, 0.717) is 42.7 Å². The summed E-state index contributed by atoms with van der Waals surface area (Å²) in [6.07, 6.45) is 1.68. The molecule has 35 heavy (non-hydrogen) atoms. The third-order valence-corrected chi connectivity index (χ3v) is 6.53. The number of benzene rings is 1. The summed E-state index contributed by atoms with van der Waals surface area (Å²) in [5.74, 6) is 0.114. The third-order valence-electron chi connectivity index (χ3n) is 5.49. The molecule has 0 spiro atoms. The lowest BCUT2D eigenvalue weighted by Crippen LogP contribution is -2.54. The normalized spacial score (nSPS) is 15.7. The van der Waals surface area contributed by atoms with Crippen LogP contribution >= 0.6 is 23.4 Å². The molecule has 1 fully saturated rings. The molecule has 11 heteroatoms. The molecule has 1 unspecified atom stereocenters. The van der Waals surface area contributed by atoms with Gasteiger partial charge in [0.25, 0.3) is 5.91 Å². The Morgan fingerprint density at radius 1 is 1.17 bits per heavy atom. The number of anilines is 1. The van der Waals surface area contributed by atoms with Crippen molar-refractivity contribution in [3.05, 3.63) is 77.0 Å². The highest BCUT2D eigenvalue weighted by Gasteiger charge is 2.29. The predicted molar refractivity (Wildman–Crippen MR) is 133 cm³/mol. The van der Waals surface area contributed by atoms with E-state index in [0.717, 1.165) is 5.69 Å². The minimum atomic E-state index is -0.376. The molecule has 0 aliphatic carbocycles. The molecule has 4 rings (SSSR count). The maximum absolute atomic E-state index is 13.2. The van der Waals surface area contributed by atoms with Gasteiger partial charge in [0, 0.05) is 43.5 Å². The third kappa shape index (κ3) is 6.67. The molecular formula is C24H24ClFN6O2S. The Labute approximate surface area is 211 Å². The summed E-state index contributed by atoms with van der Waals surface area (Å²) in [4.78, 5) is 41.9. The SMILES string of the molecule is CC1CN(c2cc(Cl)nc(SCC(=O)NCc3ccccn3)n2)CCN1C(=O)c1ccc(F)cc1. The molecule has 1 aliphatic heterocycles. The summed E-state index contributed by atoms with van der Waals surface area (Å²) in [6, 6.07) is 12.7. The first-order valence-corrected chi connectivity index (χ1v) is 12.4. The van der Waals surface area contributed by atoms with Crippen molar-refractivity contribution in [3.8, 4) is 0 Å². The van der Waals surface area contributed by atoms with Crippen LogP contribution in [-0.2, 0) is 11.3 Å². The minimum Gasteiger partial charge on any atom is -0.353 e. The van der Waals surface area contributed by atoms with Gasteiger partial charge in [-0.15, -0.1) is 0 Å². The first-order valence-electron chi connectivity index (χ1n) is 11.0. The van der Waals surface area contributed by atoms with Crippen molar-refractivity contribution < 1.29 is 14.0 Å². The molecule has 1 N–H and O–H groups in total. The second-order valence-corrected chi connectivity index (χ2v) is 9.35. The first kappa shape index (κ1) is 24.9. The number of piperazine rings is 1. The maximum Gasteiger partial charge on any atom is 0.254 e. The molecule has 3 heterocycles. The number of carbonyl (C=O) groups excluding carboxylic acids is 2. The van der Waals surface area contributed by atoms with Crippen molar-refractivity contribution in [2.24, 2.45) is 0 Å². The van der Waals surface area contributed by atoms with E-state index in [9.17, 15) is 14.0 Å². The molecule has 1 aromatic carbocycles. The van der Waals surface area contributed by atoms with Crippen molar-refractivity contribution >= 4 is 41.0 Å². The van der Waals surface area contributed by atoms with Gasteiger partial charge in [-0.3, -0.25) is 14.6 Å². The molecule has 3 aromatic rings. The highest BCUT2D eigenvalue weighted by molar-refractivity contribution is 7.99. The number of hydrogen-bond donors (Lipinski definition) is 1. The number of carbonyl (C=O) groups is 2. The molecule has 0 saturated carbocycles. The number of halogens is 2. The molecule has 1 saturated heterocycles. The van der Waals surface area contributed by atoms with Gasteiger partial charge in [-0.2, -0.15) is 0 Å². The number of thioether (sulfide) groups is 1. The minimum absolute atomic E-state index is 0.0940. The monoisotopic (exact) mass is 514 g/mol. The largest absolute Gasteiger partial charge is 0.353 e. The van der Waals surface area contributed by atoms with Crippen LogP contribution in [0.1, 0.15) is 23.0 Å². The highest BCUT2D eigenvalue weighted by atomic mass is 35.5. The summed E-state index contributed by atoms with van der Waals surface area (Å²) < 4.78 is 13.2. The van der Waals surface area contributed by atoms with Gasteiger partial charge in [0.15, 0.2) is 5.16 Å². The van der Waals surface area contributed by atoms with E-state index in [4.69, 9.17) is 11.6 Å². The van der Waals surface area contributed by atoms with Crippen molar-refractivity contribution in [1.82, 2.24) is 25.2 Å². The summed E-state index contributed by atoms with van der Waals surface area (Å²) in [5.41, 5.74) is 1.23. The maximum atomic E-state index is 13.2. The van der Waals surface area contributed by atoms with Crippen LogP contribution in [0.4, 0.5) is 10.2 Å². The number of amides is 2. The second kappa shape index (κ2) is 11.5. The zero-order chi connectivity index (χ0) is 24.8. The van der Waals surface area contributed by atoms with Crippen LogP contribution in [-0.4, -0.2) is 63.1 Å². The smallest absolute Gasteiger partial charge is 0.254 e. The first-order chi connectivity index (χ1) is 16.9. The summed E-state index contributed by atoms with van der Waals surface area (Å²) in [5, 5.41) is 3.50. The number of nitrogens with one attached hydrogen (secondary N) is 1. The fourth-order valence-corrected chi connectivity index (χ4v) is 4.62. The lowest BCUT2D eigenvalue weighted by Gasteiger charge is -2.40. The molecular weight excluding hydrogens is 491 g/mol. The molecule has 2 amide bonds. The molecule has 1 aliphatic rings. The number of pyridine rings is 1. The van der Waals surface area contributed by atoms with E-state index in [1.807, 2.05) is 30.0 Å². The molecule has 0 bridgehead atoms. The zero-order valence-electron chi connectivity index (χ0n) is 19.0. The fourth-order valence-electron chi connectivity index (χ4n) is 3.71. The van der Waals surface area contributed by atoms with E-state index in [1.165, 1.54) is 36.0 Å². The Balaban J connectivity index is 1.34. The van der Waals surface area contributed by atoms with Crippen LogP contribution in [0, 0.1) is 5.82 Å². The lowest BCUT2D eigenvalue weighted by atomic mass is 10.1. The Morgan fingerprint density at radius 2 is 1.97 bits per heavy atom. The van der Waals surface area contributed by atoms with Crippen LogP contribution in [0.15, 0.2) is 59.9 Å². The van der Waals surface area contributed by atoms with Crippen LogP contribution < -0.4 is 10.2 Å². The Hall–Kier alpha value is -3.24. The second-order valence-electron chi connectivity index (χ2n) is 8.02. The van der Waals surface area contributed by atoms with E-state index in [1.54, 1.807) is 17.2 Å². The van der Waals surface area contributed by atoms with Gasteiger partial charge in [0.05, 0.1) is 18.0 Å². The van der Waals surface area contributed by atoms with Gasteiger partial charge >= 0.3 is 0 Å². The summed E-state index contributed by atoms with van der Waals surface area (Å²) in [7, 11) is 0. The zero-order valence-corrected chi connectivity index (χ0v) is 20.6. The Kier molecular flexibility index (Phi) is 8.14. The van der Waals surface area contributed by atoms with E-state index in [-0.39, 0.29) is 34.6 Å². The Bertz CT molecular complexity index is 1180. The number of aromatic nitrogens is 3. The quantitative estimate of drug-likeness (QED) is 0.293. The average molecular weight is 515 g/mol. The highest BCUT2D eigenvalue weighted by Crippen LogP contribution is 2.24. The van der Waals surface area contributed by atoms with Gasteiger partial charge in [0.1, 0.15) is 16.8 Å². The van der Waals surface area contributed by atoms with Gasteiger partial charge in [0.2, 0.25) is 5.91 Å². The van der Waals surface area contributed by atoms with E-state index in [2.05, 4.69) is 20.3 Å². The van der Waals surface area contributed by atoms with Crippen LogP contribution in [0.3, 0.4) is 0 Å². The van der Waals surface area contributed by atoms with Crippen molar-refractivity contribution in [3.63, 3.8) is 0 Å². The molecule has 0 radical (unpaired) electrons. The number of nitrogens with zero attached hydrogens (tertiary/aromatic N) is 5. The van der Waals surface area contributed by atoms with E-state index >= 15 is 0 Å². The topological polar surface area (TPSA) is 91.3 Å². The van der Waals surface area contributed by atoms with Crippen molar-refractivity contribution in [2.45, 2.75) is 24.7 Å². The van der Waals surface area contributed by atoms with Crippen LogP contribution in [0.25, 0.3) is 0 Å². The number of rotatable bonds is 7. The molecule has 1 atom stereocenters.